The van der Waals surface area contributed by atoms with Gasteiger partial charge in [0.2, 0.25) is 0 Å². The standard InChI is InChI=1S/C21H27FN4O3S/c1-12-6-7-15(14(22)11-12)25-19(28)20(29)26-18(16-5-3-4-9-23-16)21-24-13(2)17(30-21)8-10-27/h6-7,11,16,18,23,27H,3-5,8-10H2,1-2H3,(H,25,28)(H,26,29). The zero-order valence-electron chi connectivity index (χ0n) is 17.1. The fraction of sp³-hybridized carbons (Fsp3) is 0.476. The second-order valence-corrected chi connectivity index (χ2v) is 8.59. The van der Waals surface area contributed by atoms with Gasteiger partial charge >= 0.3 is 11.8 Å². The minimum absolute atomic E-state index is 0.0195. The van der Waals surface area contributed by atoms with Crippen LogP contribution in [-0.4, -0.2) is 41.1 Å². The highest BCUT2D eigenvalue weighted by Crippen LogP contribution is 2.29. The summed E-state index contributed by atoms with van der Waals surface area (Å²) in [5.41, 5.74) is 1.49. The molecule has 1 aromatic carbocycles. The first-order valence-corrected chi connectivity index (χ1v) is 10.9. The number of benzene rings is 1. The van der Waals surface area contributed by atoms with Crippen LogP contribution in [-0.2, 0) is 16.0 Å². The Kier molecular flexibility index (Phi) is 7.52. The van der Waals surface area contributed by atoms with Gasteiger partial charge in [-0.25, -0.2) is 9.37 Å². The molecular formula is C21H27FN4O3S. The van der Waals surface area contributed by atoms with Crippen LogP contribution in [0.3, 0.4) is 0 Å². The van der Waals surface area contributed by atoms with E-state index in [-0.39, 0.29) is 18.3 Å². The first-order chi connectivity index (χ1) is 14.4. The van der Waals surface area contributed by atoms with Crippen LogP contribution in [0.4, 0.5) is 10.1 Å². The van der Waals surface area contributed by atoms with E-state index in [0.29, 0.717) is 11.4 Å². The Hall–Kier alpha value is -2.36. The molecule has 1 aliphatic rings. The maximum absolute atomic E-state index is 14.0. The lowest BCUT2D eigenvalue weighted by atomic mass is 9.98. The van der Waals surface area contributed by atoms with Gasteiger partial charge < -0.3 is 21.1 Å². The number of anilines is 1. The normalized spacial score (nSPS) is 17.4. The van der Waals surface area contributed by atoms with Gasteiger partial charge in [-0.3, -0.25) is 9.59 Å². The number of aliphatic hydroxyl groups excluding tert-OH is 1. The molecule has 2 unspecified atom stereocenters. The number of aliphatic hydroxyl groups is 1. The van der Waals surface area contributed by atoms with Gasteiger partial charge in [-0.15, -0.1) is 11.3 Å². The molecule has 0 saturated carbocycles. The number of piperidine rings is 1. The SMILES string of the molecule is Cc1ccc(NC(=O)C(=O)NC(c2nc(C)c(CCO)s2)C2CCCCN2)c(F)c1. The van der Waals surface area contributed by atoms with Crippen molar-refractivity contribution < 1.29 is 19.1 Å². The van der Waals surface area contributed by atoms with E-state index in [4.69, 9.17) is 0 Å². The number of carbonyl (C=O) groups excluding carboxylic acids is 2. The lowest BCUT2D eigenvalue weighted by molar-refractivity contribution is -0.136. The Morgan fingerprint density at radius 1 is 1.33 bits per heavy atom. The summed E-state index contributed by atoms with van der Waals surface area (Å²) < 4.78 is 14.0. The van der Waals surface area contributed by atoms with Crippen molar-refractivity contribution in [3.05, 3.63) is 45.2 Å². The van der Waals surface area contributed by atoms with Crippen molar-refractivity contribution in [3.8, 4) is 0 Å². The summed E-state index contributed by atoms with van der Waals surface area (Å²) in [5, 5.41) is 18.5. The van der Waals surface area contributed by atoms with Crippen LogP contribution in [0.15, 0.2) is 18.2 Å². The largest absolute Gasteiger partial charge is 0.396 e. The number of nitrogens with one attached hydrogen (secondary N) is 3. The van der Waals surface area contributed by atoms with Crippen molar-refractivity contribution >= 4 is 28.8 Å². The summed E-state index contributed by atoms with van der Waals surface area (Å²) in [6, 6.07) is 3.85. The molecule has 2 heterocycles. The summed E-state index contributed by atoms with van der Waals surface area (Å²) in [5.74, 6) is -2.36. The van der Waals surface area contributed by atoms with Crippen LogP contribution in [0.25, 0.3) is 0 Å². The van der Waals surface area contributed by atoms with Crippen LogP contribution in [0.5, 0.6) is 0 Å². The number of nitrogens with zero attached hydrogens (tertiary/aromatic N) is 1. The highest BCUT2D eigenvalue weighted by Gasteiger charge is 2.31. The molecule has 3 rings (SSSR count). The molecule has 2 amide bonds. The summed E-state index contributed by atoms with van der Waals surface area (Å²) in [7, 11) is 0. The van der Waals surface area contributed by atoms with Crippen molar-refractivity contribution in [2.24, 2.45) is 0 Å². The molecule has 4 N–H and O–H groups in total. The maximum Gasteiger partial charge on any atom is 0.313 e. The molecule has 0 spiro atoms. The molecule has 0 bridgehead atoms. The Bertz CT molecular complexity index is 912. The number of carbonyl (C=O) groups is 2. The number of aryl methyl sites for hydroxylation is 2. The van der Waals surface area contributed by atoms with E-state index in [2.05, 4.69) is 20.9 Å². The first-order valence-electron chi connectivity index (χ1n) is 10.1. The third kappa shape index (κ3) is 5.41. The van der Waals surface area contributed by atoms with E-state index < -0.39 is 23.7 Å². The van der Waals surface area contributed by atoms with Crippen molar-refractivity contribution in [3.63, 3.8) is 0 Å². The molecular weight excluding hydrogens is 407 g/mol. The maximum atomic E-state index is 14.0. The van der Waals surface area contributed by atoms with Crippen molar-refractivity contribution in [1.82, 2.24) is 15.6 Å². The molecule has 7 nitrogen and oxygen atoms in total. The Morgan fingerprint density at radius 3 is 2.80 bits per heavy atom. The fourth-order valence-corrected chi connectivity index (χ4v) is 4.69. The lowest BCUT2D eigenvalue weighted by Gasteiger charge is -2.30. The van der Waals surface area contributed by atoms with Gasteiger partial charge in [0.05, 0.1) is 17.4 Å². The molecule has 2 aromatic rings. The molecule has 1 aliphatic heterocycles. The molecule has 1 saturated heterocycles. The Morgan fingerprint density at radius 2 is 2.13 bits per heavy atom. The van der Waals surface area contributed by atoms with E-state index in [1.807, 2.05) is 6.92 Å². The van der Waals surface area contributed by atoms with Gasteiger partial charge in [-0.2, -0.15) is 0 Å². The highest BCUT2D eigenvalue weighted by molar-refractivity contribution is 7.11. The molecule has 1 aromatic heterocycles. The van der Waals surface area contributed by atoms with Crippen molar-refractivity contribution in [2.45, 2.75) is 51.6 Å². The van der Waals surface area contributed by atoms with Crippen LogP contribution in [0.2, 0.25) is 0 Å². The fourth-order valence-electron chi connectivity index (χ4n) is 3.52. The highest BCUT2D eigenvalue weighted by atomic mass is 32.1. The monoisotopic (exact) mass is 434 g/mol. The third-order valence-corrected chi connectivity index (χ3v) is 6.43. The average molecular weight is 435 g/mol. The minimum Gasteiger partial charge on any atom is -0.396 e. The smallest absolute Gasteiger partial charge is 0.313 e. The number of rotatable bonds is 6. The Labute approximate surface area is 179 Å². The molecule has 1 fully saturated rings. The molecule has 162 valence electrons. The average Bonchev–Trinajstić information content (AvgIpc) is 3.09. The van der Waals surface area contributed by atoms with E-state index in [0.717, 1.165) is 41.9 Å². The van der Waals surface area contributed by atoms with Crippen molar-refractivity contribution in [2.75, 3.05) is 18.5 Å². The third-order valence-electron chi connectivity index (χ3n) is 5.13. The van der Waals surface area contributed by atoms with E-state index in [1.165, 1.54) is 23.5 Å². The quantitative estimate of drug-likeness (QED) is 0.523. The molecule has 30 heavy (non-hydrogen) atoms. The Balaban J connectivity index is 1.77. The van der Waals surface area contributed by atoms with Crippen LogP contribution >= 0.6 is 11.3 Å². The van der Waals surface area contributed by atoms with Gasteiger partial charge in [0.1, 0.15) is 10.8 Å². The number of hydrogen-bond donors (Lipinski definition) is 4. The second-order valence-electron chi connectivity index (χ2n) is 7.48. The van der Waals surface area contributed by atoms with Gasteiger partial charge in [0, 0.05) is 23.9 Å². The molecule has 0 radical (unpaired) electrons. The first kappa shape index (κ1) is 22.3. The second kappa shape index (κ2) is 10.1. The van der Waals surface area contributed by atoms with Crippen LogP contribution < -0.4 is 16.0 Å². The number of halogens is 1. The number of hydrogen-bond acceptors (Lipinski definition) is 6. The number of amides is 2. The molecule has 2 atom stereocenters. The predicted octanol–water partition coefficient (Wildman–Crippen LogP) is 2.37. The topological polar surface area (TPSA) is 103 Å². The number of thiazole rings is 1. The van der Waals surface area contributed by atoms with E-state index in [9.17, 15) is 19.1 Å². The summed E-state index contributed by atoms with van der Waals surface area (Å²) in [6.07, 6.45) is 3.40. The van der Waals surface area contributed by atoms with E-state index >= 15 is 0 Å². The predicted molar refractivity (Wildman–Crippen MR) is 114 cm³/mol. The van der Waals surface area contributed by atoms with Crippen LogP contribution in [0.1, 0.15) is 46.4 Å². The van der Waals surface area contributed by atoms with E-state index in [1.54, 1.807) is 13.0 Å². The molecule has 9 heteroatoms. The van der Waals surface area contributed by atoms with Gasteiger partial charge in [-0.1, -0.05) is 12.5 Å². The van der Waals surface area contributed by atoms with Gasteiger partial charge in [0.15, 0.2) is 0 Å². The summed E-state index contributed by atoms with van der Waals surface area (Å²) >= 11 is 1.43. The van der Waals surface area contributed by atoms with Gasteiger partial charge in [-0.05, 0) is 50.9 Å². The lowest BCUT2D eigenvalue weighted by Crippen LogP contribution is -2.48. The van der Waals surface area contributed by atoms with Gasteiger partial charge in [0.25, 0.3) is 0 Å². The summed E-state index contributed by atoms with van der Waals surface area (Å²) in [6.45, 7) is 4.45. The summed E-state index contributed by atoms with van der Waals surface area (Å²) in [4.78, 5) is 30.6. The van der Waals surface area contributed by atoms with Crippen molar-refractivity contribution in [1.29, 1.82) is 0 Å². The number of aromatic nitrogens is 1. The minimum atomic E-state index is -0.928. The molecule has 0 aliphatic carbocycles. The zero-order valence-corrected chi connectivity index (χ0v) is 17.9. The van der Waals surface area contributed by atoms with Crippen LogP contribution in [0, 0.1) is 19.7 Å². The zero-order chi connectivity index (χ0) is 21.7.